The molecule has 0 aliphatic heterocycles. The van der Waals surface area contributed by atoms with Crippen LogP contribution in [0, 0.1) is 0 Å². The van der Waals surface area contributed by atoms with Gasteiger partial charge in [0, 0.05) is 12.8 Å². The first kappa shape index (κ1) is 44.7. The normalized spacial score (nSPS) is 14.3. The summed E-state index contributed by atoms with van der Waals surface area (Å²) < 4.78 is 32.4. The number of phosphoric ester groups is 1. The summed E-state index contributed by atoms with van der Waals surface area (Å²) in [6.45, 7) is 2.31. The second-order valence-corrected chi connectivity index (χ2v) is 13.7. The van der Waals surface area contributed by atoms with E-state index in [4.69, 9.17) is 19.1 Å². The fraction of sp³-hybridized carbons (Fsp3) is 0.886. The van der Waals surface area contributed by atoms with Crippen molar-refractivity contribution in [3.05, 3.63) is 12.2 Å². The molecule has 0 rings (SSSR count). The monoisotopic (exact) mass is 678 g/mol. The Kier molecular flexibility index (Phi) is 31.4. The van der Waals surface area contributed by atoms with Crippen molar-refractivity contribution in [1.82, 2.24) is 0 Å². The van der Waals surface area contributed by atoms with Crippen molar-refractivity contribution in [3.8, 4) is 0 Å². The highest BCUT2D eigenvalue weighted by Gasteiger charge is 2.27. The fourth-order valence-corrected chi connectivity index (χ4v) is 5.60. The van der Waals surface area contributed by atoms with Crippen LogP contribution in [-0.2, 0) is 32.7 Å². The van der Waals surface area contributed by atoms with Gasteiger partial charge >= 0.3 is 19.8 Å². The lowest BCUT2D eigenvalue weighted by Gasteiger charge is -2.20. The number of aliphatic hydroxyl groups excluding tert-OH is 2. The molecule has 3 N–H and O–H groups in total. The van der Waals surface area contributed by atoms with E-state index in [1.54, 1.807) is 0 Å². The highest BCUT2D eigenvalue weighted by atomic mass is 31.2. The molecule has 0 bridgehead atoms. The first-order valence-corrected chi connectivity index (χ1v) is 19.6. The molecule has 272 valence electrons. The minimum atomic E-state index is -4.60. The highest BCUT2D eigenvalue weighted by molar-refractivity contribution is 7.47. The molecule has 0 fully saturated rings. The fourth-order valence-electron chi connectivity index (χ4n) is 4.81. The Morgan fingerprint density at radius 1 is 0.630 bits per heavy atom. The van der Waals surface area contributed by atoms with Crippen LogP contribution in [0.4, 0.5) is 0 Å². The van der Waals surface area contributed by atoms with Crippen LogP contribution in [0.15, 0.2) is 12.2 Å². The van der Waals surface area contributed by atoms with Gasteiger partial charge in [0.1, 0.15) is 12.7 Å². The van der Waals surface area contributed by atoms with Gasteiger partial charge in [0.2, 0.25) is 0 Å². The van der Waals surface area contributed by atoms with Crippen LogP contribution in [0.25, 0.3) is 0 Å². The summed E-state index contributed by atoms with van der Waals surface area (Å²) in [5.41, 5.74) is 0. The van der Waals surface area contributed by atoms with Crippen molar-refractivity contribution in [2.24, 2.45) is 0 Å². The average molecular weight is 679 g/mol. The van der Waals surface area contributed by atoms with E-state index in [1.807, 2.05) is 0 Å². The Bertz CT molecular complexity index is 791. The summed E-state index contributed by atoms with van der Waals surface area (Å²) in [5.74, 6) is -0.945. The Morgan fingerprint density at radius 2 is 1.07 bits per heavy atom. The number of unbranched alkanes of at least 4 members (excludes halogenated alkanes) is 18. The number of carbonyl (C=O) groups excluding carboxylic acids is 2. The van der Waals surface area contributed by atoms with Crippen LogP contribution >= 0.6 is 7.82 Å². The zero-order valence-corrected chi connectivity index (χ0v) is 29.9. The Balaban J connectivity index is 4.34. The van der Waals surface area contributed by atoms with E-state index in [0.717, 1.165) is 44.9 Å². The van der Waals surface area contributed by atoms with Gasteiger partial charge in [0.05, 0.1) is 19.8 Å². The van der Waals surface area contributed by atoms with Gasteiger partial charge < -0.3 is 24.6 Å². The topological polar surface area (TPSA) is 149 Å². The lowest BCUT2D eigenvalue weighted by atomic mass is 10.1. The maximum absolute atomic E-state index is 12.4. The number of esters is 2. The number of hydrogen-bond donors (Lipinski definition) is 3. The number of rotatable bonds is 34. The van der Waals surface area contributed by atoms with Crippen LogP contribution < -0.4 is 0 Å². The van der Waals surface area contributed by atoms with Crippen LogP contribution in [0.2, 0.25) is 0 Å². The van der Waals surface area contributed by atoms with Crippen LogP contribution in [0.5, 0.6) is 0 Å². The molecule has 0 amide bonds. The van der Waals surface area contributed by atoms with Crippen molar-refractivity contribution in [1.29, 1.82) is 0 Å². The molecule has 10 nitrogen and oxygen atoms in total. The number of hydrogen-bond acceptors (Lipinski definition) is 9. The highest BCUT2D eigenvalue weighted by Crippen LogP contribution is 2.43. The molecule has 0 heterocycles. The van der Waals surface area contributed by atoms with Crippen LogP contribution in [-0.4, -0.2) is 65.7 Å². The Labute approximate surface area is 279 Å². The molecule has 0 aliphatic carbocycles. The van der Waals surface area contributed by atoms with Gasteiger partial charge in [-0.3, -0.25) is 18.6 Å². The van der Waals surface area contributed by atoms with E-state index in [9.17, 15) is 24.2 Å². The quantitative estimate of drug-likeness (QED) is 0.0262. The standard InChI is InChI=1S/C35H67O10P/c1-3-5-7-9-11-13-14-15-16-17-18-19-21-22-24-26-34(38)42-30-33(31-44-46(40,41)43-29-32(37)28-36)45-35(39)27-25-23-20-12-10-8-6-4-2/h17-18,32-33,36-37H,3-16,19-31H2,1-2H3,(H,40,41)/b18-17+/t32-,33+/m1/s1. The summed E-state index contributed by atoms with van der Waals surface area (Å²) >= 11 is 0. The minimum absolute atomic E-state index is 0.183. The van der Waals surface area contributed by atoms with E-state index in [0.29, 0.717) is 12.8 Å². The number of allylic oxidation sites excluding steroid dienone is 2. The van der Waals surface area contributed by atoms with E-state index < -0.39 is 51.8 Å². The Morgan fingerprint density at radius 3 is 1.59 bits per heavy atom. The first-order chi connectivity index (χ1) is 22.2. The maximum Gasteiger partial charge on any atom is 0.472 e. The summed E-state index contributed by atoms with van der Waals surface area (Å²) in [6, 6.07) is 0. The number of ether oxygens (including phenoxy) is 2. The van der Waals surface area contributed by atoms with Crippen molar-refractivity contribution >= 4 is 19.8 Å². The van der Waals surface area contributed by atoms with E-state index in [1.165, 1.54) is 77.0 Å². The second-order valence-electron chi connectivity index (χ2n) is 12.3. The second kappa shape index (κ2) is 32.3. The molecule has 11 heteroatoms. The Hall–Kier alpha value is -1.29. The third-order valence-corrected chi connectivity index (χ3v) is 8.62. The van der Waals surface area contributed by atoms with E-state index >= 15 is 0 Å². The van der Waals surface area contributed by atoms with Gasteiger partial charge in [-0.25, -0.2) is 4.57 Å². The van der Waals surface area contributed by atoms with E-state index in [-0.39, 0.29) is 19.4 Å². The number of carbonyl (C=O) groups is 2. The minimum Gasteiger partial charge on any atom is -0.462 e. The molecular formula is C35H67O10P. The van der Waals surface area contributed by atoms with Crippen molar-refractivity contribution in [2.75, 3.05) is 26.4 Å². The third-order valence-electron chi connectivity index (χ3n) is 7.67. The van der Waals surface area contributed by atoms with Gasteiger partial charge in [-0.2, -0.15) is 0 Å². The molecule has 0 aromatic carbocycles. The number of phosphoric acid groups is 1. The molecule has 0 aromatic heterocycles. The molecule has 0 aromatic rings. The summed E-state index contributed by atoms with van der Waals surface area (Å²) in [7, 11) is -4.60. The molecule has 1 unspecified atom stereocenters. The molecule has 0 aliphatic rings. The number of aliphatic hydroxyl groups is 2. The smallest absolute Gasteiger partial charge is 0.462 e. The molecule has 0 saturated carbocycles. The van der Waals surface area contributed by atoms with Crippen molar-refractivity contribution < 1.29 is 47.8 Å². The van der Waals surface area contributed by atoms with Crippen molar-refractivity contribution in [2.45, 2.75) is 174 Å². The molecule has 0 spiro atoms. The predicted octanol–water partition coefficient (Wildman–Crippen LogP) is 8.50. The summed E-state index contributed by atoms with van der Waals surface area (Å²) in [5, 5.41) is 18.2. The molecule has 0 radical (unpaired) electrons. The van der Waals surface area contributed by atoms with Gasteiger partial charge in [0.25, 0.3) is 0 Å². The molecule has 0 saturated heterocycles. The lowest BCUT2D eigenvalue weighted by Crippen LogP contribution is -2.29. The predicted molar refractivity (Wildman–Crippen MR) is 182 cm³/mol. The molecular weight excluding hydrogens is 611 g/mol. The van der Waals surface area contributed by atoms with Gasteiger partial charge in [-0.15, -0.1) is 0 Å². The third kappa shape index (κ3) is 31.3. The summed E-state index contributed by atoms with van der Waals surface area (Å²) in [6.07, 6.45) is 26.3. The van der Waals surface area contributed by atoms with Gasteiger partial charge in [-0.1, -0.05) is 122 Å². The zero-order valence-electron chi connectivity index (χ0n) is 29.0. The van der Waals surface area contributed by atoms with Gasteiger partial charge in [0.15, 0.2) is 6.10 Å². The van der Waals surface area contributed by atoms with Gasteiger partial charge in [-0.05, 0) is 38.5 Å². The zero-order chi connectivity index (χ0) is 34.1. The largest absolute Gasteiger partial charge is 0.472 e. The maximum atomic E-state index is 12.4. The van der Waals surface area contributed by atoms with E-state index in [2.05, 4.69) is 30.5 Å². The lowest BCUT2D eigenvalue weighted by molar-refractivity contribution is -0.161. The van der Waals surface area contributed by atoms with Crippen molar-refractivity contribution in [3.63, 3.8) is 0 Å². The SMILES string of the molecule is CCCCCCCCCC/C=C/CCCCCC(=O)OC[C@@H](COP(=O)(O)OC[C@H](O)CO)OC(=O)CCCCCCCCCC. The molecule has 46 heavy (non-hydrogen) atoms. The average Bonchev–Trinajstić information content (AvgIpc) is 3.04. The van der Waals surface area contributed by atoms with Crippen LogP contribution in [0.1, 0.15) is 162 Å². The molecule has 3 atom stereocenters. The summed E-state index contributed by atoms with van der Waals surface area (Å²) in [4.78, 5) is 34.6. The first-order valence-electron chi connectivity index (χ1n) is 18.1. The van der Waals surface area contributed by atoms with Crippen LogP contribution in [0.3, 0.4) is 0 Å².